The van der Waals surface area contributed by atoms with Crippen molar-refractivity contribution in [3.63, 3.8) is 0 Å². The molecule has 0 aliphatic carbocycles. The van der Waals surface area contributed by atoms with Crippen LogP contribution in [0.4, 0.5) is 0 Å². The number of H-pyrrole nitrogens is 1. The van der Waals surface area contributed by atoms with E-state index in [0.29, 0.717) is 5.15 Å². The number of pyridine rings is 1. The molecule has 1 N–H and O–H groups in total. The molecule has 2 aromatic heterocycles. The Morgan fingerprint density at radius 1 is 1.00 bits per heavy atom. The van der Waals surface area contributed by atoms with Gasteiger partial charge in [0.2, 0.25) is 0 Å². The second-order valence-electron chi connectivity index (χ2n) is 3.60. The smallest absolute Gasteiger partial charge is 0.129 e. The van der Waals surface area contributed by atoms with E-state index in [0.717, 1.165) is 22.2 Å². The maximum atomic E-state index is 5.91. The number of benzene rings is 1. The van der Waals surface area contributed by atoms with E-state index in [-0.39, 0.29) is 0 Å². The molecule has 0 aliphatic rings. The van der Waals surface area contributed by atoms with Gasteiger partial charge < -0.3 is 4.98 Å². The standard InChI is InChI=1S/C13H9ClN2/c14-12-7-6-11-13(16-12)10(8-15-11)9-4-2-1-3-5-9/h1-8,15H. The molecule has 3 aromatic rings. The average molecular weight is 229 g/mol. The molecular formula is C13H9ClN2. The minimum atomic E-state index is 0.518. The zero-order valence-electron chi connectivity index (χ0n) is 8.44. The molecule has 0 fully saturated rings. The summed E-state index contributed by atoms with van der Waals surface area (Å²) in [4.78, 5) is 7.54. The second kappa shape index (κ2) is 3.65. The van der Waals surface area contributed by atoms with Gasteiger partial charge in [-0.25, -0.2) is 4.98 Å². The molecule has 0 unspecified atom stereocenters. The van der Waals surface area contributed by atoms with E-state index in [1.807, 2.05) is 30.5 Å². The first kappa shape index (κ1) is 9.43. The summed E-state index contributed by atoms with van der Waals surface area (Å²) in [7, 11) is 0. The van der Waals surface area contributed by atoms with Gasteiger partial charge in [0.1, 0.15) is 5.15 Å². The van der Waals surface area contributed by atoms with Crippen molar-refractivity contribution in [1.29, 1.82) is 0 Å². The summed E-state index contributed by atoms with van der Waals surface area (Å²) >= 11 is 5.91. The fraction of sp³-hybridized carbons (Fsp3) is 0. The van der Waals surface area contributed by atoms with Crippen molar-refractivity contribution >= 4 is 22.6 Å². The fourth-order valence-corrected chi connectivity index (χ4v) is 1.96. The van der Waals surface area contributed by atoms with Gasteiger partial charge in [0.05, 0.1) is 11.0 Å². The number of nitrogens with one attached hydrogen (secondary N) is 1. The third kappa shape index (κ3) is 1.48. The van der Waals surface area contributed by atoms with E-state index in [4.69, 9.17) is 11.6 Å². The van der Waals surface area contributed by atoms with E-state index in [1.165, 1.54) is 0 Å². The number of hydrogen-bond donors (Lipinski definition) is 1. The Kier molecular flexibility index (Phi) is 2.15. The Morgan fingerprint density at radius 3 is 2.62 bits per heavy atom. The molecule has 0 saturated carbocycles. The van der Waals surface area contributed by atoms with Crippen molar-refractivity contribution < 1.29 is 0 Å². The summed E-state index contributed by atoms with van der Waals surface area (Å²) in [6.07, 6.45) is 1.96. The molecule has 0 atom stereocenters. The second-order valence-corrected chi connectivity index (χ2v) is 3.99. The van der Waals surface area contributed by atoms with Crippen LogP contribution in [0.25, 0.3) is 22.2 Å². The van der Waals surface area contributed by atoms with Gasteiger partial charge in [-0.05, 0) is 17.7 Å². The van der Waals surface area contributed by atoms with Crippen LogP contribution >= 0.6 is 11.6 Å². The maximum absolute atomic E-state index is 5.91. The largest absolute Gasteiger partial charge is 0.359 e. The molecule has 0 bridgehead atoms. The van der Waals surface area contributed by atoms with Gasteiger partial charge in [-0.15, -0.1) is 0 Å². The normalized spacial score (nSPS) is 10.8. The Labute approximate surface area is 97.9 Å². The first-order valence-corrected chi connectivity index (χ1v) is 5.41. The van der Waals surface area contributed by atoms with Crippen LogP contribution in [0.2, 0.25) is 5.15 Å². The maximum Gasteiger partial charge on any atom is 0.129 e. The Balaban J connectivity index is 2.29. The summed E-state index contributed by atoms with van der Waals surface area (Å²) in [6, 6.07) is 13.9. The lowest BCUT2D eigenvalue weighted by Crippen LogP contribution is -1.79. The fourth-order valence-electron chi connectivity index (χ4n) is 1.81. The van der Waals surface area contributed by atoms with Crippen molar-refractivity contribution in [3.05, 3.63) is 53.8 Å². The van der Waals surface area contributed by atoms with Crippen molar-refractivity contribution in [2.75, 3.05) is 0 Å². The Morgan fingerprint density at radius 2 is 1.81 bits per heavy atom. The summed E-state index contributed by atoms with van der Waals surface area (Å²) < 4.78 is 0. The highest BCUT2D eigenvalue weighted by molar-refractivity contribution is 6.29. The molecule has 1 aromatic carbocycles. The number of rotatable bonds is 1. The molecule has 0 aliphatic heterocycles. The van der Waals surface area contributed by atoms with Crippen molar-refractivity contribution in [1.82, 2.24) is 9.97 Å². The van der Waals surface area contributed by atoms with Gasteiger partial charge in [0, 0.05) is 11.8 Å². The summed E-state index contributed by atoms with van der Waals surface area (Å²) in [5, 5.41) is 0.518. The van der Waals surface area contributed by atoms with Crippen LogP contribution in [0.5, 0.6) is 0 Å². The van der Waals surface area contributed by atoms with Crippen molar-refractivity contribution in [2.45, 2.75) is 0 Å². The topological polar surface area (TPSA) is 28.7 Å². The van der Waals surface area contributed by atoms with E-state index < -0.39 is 0 Å². The molecule has 3 heteroatoms. The summed E-state index contributed by atoms with van der Waals surface area (Å²) in [6.45, 7) is 0. The number of nitrogens with zero attached hydrogens (tertiary/aromatic N) is 1. The van der Waals surface area contributed by atoms with Crippen LogP contribution in [0.15, 0.2) is 48.7 Å². The highest BCUT2D eigenvalue weighted by Crippen LogP contribution is 2.27. The zero-order valence-corrected chi connectivity index (χ0v) is 9.20. The highest BCUT2D eigenvalue weighted by atomic mass is 35.5. The monoisotopic (exact) mass is 228 g/mol. The van der Waals surface area contributed by atoms with E-state index in [9.17, 15) is 0 Å². The highest BCUT2D eigenvalue weighted by Gasteiger charge is 2.07. The quantitative estimate of drug-likeness (QED) is 0.629. The molecule has 0 spiro atoms. The minimum Gasteiger partial charge on any atom is -0.359 e. The lowest BCUT2D eigenvalue weighted by molar-refractivity contribution is 1.40. The number of fused-ring (bicyclic) bond motifs is 1. The van der Waals surface area contributed by atoms with Crippen molar-refractivity contribution in [3.8, 4) is 11.1 Å². The van der Waals surface area contributed by atoms with E-state index in [1.54, 1.807) is 6.07 Å². The molecule has 0 amide bonds. The van der Waals surface area contributed by atoms with Gasteiger partial charge in [0.15, 0.2) is 0 Å². The number of aromatic amines is 1. The van der Waals surface area contributed by atoms with E-state index in [2.05, 4.69) is 22.1 Å². The van der Waals surface area contributed by atoms with Crippen LogP contribution in [-0.4, -0.2) is 9.97 Å². The lowest BCUT2D eigenvalue weighted by atomic mass is 10.1. The summed E-state index contributed by atoms with van der Waals surface area (Å²) in [5.41, 5.74) is 4.14. The third-order valence-corrected chi connectivity index (χ3v) is 2.78. The Hall–Kier alpha value is -1.80. The zero-order chi connectivity index (χ0) is 11.0. The molecule has 0 radical (unpaired) electrons. The minimum absolute atomic E-state index is 0.518. The van der Waals surface area contributed by atoms with Gasteiger partial charge in [-0.1, -0.05) is 41.9 Å². The molecule has 3 rings (SSSR count). The molecule has 2 nitrogen and oxygen atoms in total. The first-order chi connectivity index (χ1) is 7.84. The number of hydrogen-bond acceptors (Lipinski definition) is 1. The predicted molar refractivity (Wildman–Crippen MR) is 66.5 cm³/mol. The molecule has 78 valence electrons. The average Bonchev–Trinajstić information content (AvgIpc) is 2.73. The van der Waals surface area contributed by atoms with Crippen LogP contribution in [0, 0.1) is 0 Å². The molecule has 16 heavy (non-hydrogen) atoms. The van der Waals surface area contributed by atoms with E-state index >= 15 is 0 Å². The molecule has 2 heterocycles. The number of halogens is 1. The van der Waals surface area contributed by atoms with Gasteiger partial charge in [-0.2, -0.15) is 0 Å². The van der Waals surface area contributed by atoms with Crippen LogP contribution in [0.3, 0.4) is 0 Å². The molecular weight excluding hydrogens is 220 g/mol. The van der Waals surface area contributed by atoms with Gasteiger partial charge in [-0.3, -0.25) is 0 Å². The predicted octanol–water partition coefficient (Wildman–Crippen LogP) is 3.88. The lowest BCUT2D eigenvalue weighted by Gasteiger charge is -1.98. The number of aromatic nitrogens is 2. The van der Waals surface area contributed by atoms with Crippen LogP contribution < -0.4 is 0 Å². The Bertz CT molecular complexity index is 629. The first-order valence-electron chi connectivity index (χ1n) is 5.03. The van der Waals surface area contributed by atoms with Crippen molar-refractivity contribution in [2.24, 2.45) is 0 Å². The van der Waals surface area contributed by atoms with Crippen LogP contribution in [-0.2, 0) is 0 Å². The van der Waals surface area contributed by atoms with Crippen LogP contribution in [0.1, 0.15) is 0 Å². The SMILES string of the molecule is Clc1ccc2[nH]cc(-c3ccccc3)c2n1. The molecule has 0 saturated heterocycles. The third-order valence-electron chi connectivity index (χ3n) is 2.57. The van der Waals surface area contributed by atoms with Gasteiger partial charge >= 0.3 is 0 Å². The summed E-state index contributed by atoms with van der Waals surface area (Å²) in [5.74, 6) is 0. The van der Waals surface area contributed by atoms with Gasteiger partial charge in [0.25, 0.3) is 0 Å².